The number of carbonyl (C=O) groups is 1. The van der Waals surface area contributed by atoms with E-state index in [9.17, 15) is 14.8 Å². The molecule has 0 atom stereocenters. The van der Waals surface area contributed by atoms with Gasteiger partial charge in [0.15, 0.2) is 6.61 Å². The molecule has 3 aromatic rings. The van der Waals surface area contributed by atoms with E-state index in [2.05, 4.69) is 24.3 Å². The Morgan fingerprint density at radius 2 is 1.55 bits per heavy atom. The van der Waals surface area contributed by atoms with Crippen LogP contribution >= 0.6 is 0 Å². The summed E-state index contributed by atoms with van der Waals surface area (Å²) in [6.45, 7) is 0.317. The van der Waals surface area contributed by atoms with Gasteiger partial charge in [-0.1, -0.05) is 73.9 Å². The summed E-state index contributed by atoms with van der Waals surface area (Å²) >= 11 is 0. The molecular formula is C27H30BNO4. The lowest BCUT2D eigenvalue weighted by atomic mass is 9.80. The molecule has 5 nitrogen and oxygen atoms in total. The highest BCUT2D eigenvalue weighted by Gasteiger charge is 2.20. The van der Waals surface area contributed by atoms with E-state index in [4.69, 9.17) is 4.74 Å². The number of hydrogen-bond acceptors (Lipinski definition) is 4. The van der Waals surface area contributed by atoms with E-state index in [1.807, 2.05) is 30.3 Å². The van der Waals surface area contributed by atoms with E-state index in [1.165, 1.54) is 37.7 Å². The third-order valence-corrected chi connectivity index (χ3v) is 6.31. The average molecular weight is 443 g/mol. The molecule has 33 heavy (non-hydrogen) atoms. The second-order valence-electron chi connectivity index (χ2n) is 8.62. The van der Waals surface area contributed by atoms with Gasteiger partial charge in [0, 0.05) is 5.69 Å². The lowest BCUT2D eigenvalue weighted by Gasteiger charge is -2.25. The van der Waals surface area contributed by atoms with Crippen molar-refractivity contribution in [3.63, 3.8) is 0 Å². The topological polar surface area (TPSA) is 70.0 Å². The molecule has 170 valence electrons. The zero-order chi connectivity index (χ0) is 23.0. The Labute approximate surface area is 195 Å². The second kappa shape index (κ2) is 11.2. The maximum Gasteiger partial charge on any atom is 0.488 e. The highest BCUT2D eigenvalue weighted by molar-refractivity contribution is 6.58. The van der Waals surface area contributed by atoms with E-state index in [0.717, 1.165) is 5.56 Å². The van der Waals surface area contributed by atoms with Gasteiger partial charge in [-0.25, -0.2) is 0 Å². The molecule has 0 unspecified atom stereocenters. The second-order valence-corrected chi connectivity index (χ2v) is 8.62. The highest BCUT2D eigenvalue weighted by Crippen LogP contribution is 2.32. The Kier molecular flexibility index (Phi) is 7.81. The number of amides is 1. The molecule has 0 aromatic heterocycles. The van der Waals surface area contributed by atoms with E-state index in [-0.39, 0.29) is 12.5 Å². The summed E-state index contributed by atoms with van der Waals surface area (Å²) in [7, 11) is -1.54. The fraction of sp³-hybridized carbons (Fsp3) is 0.296. The number of ether oxygens (including phenoxy) is 1. The molecule has 1 saturated carbocycles. The largest absolute Gasteiger partial charge is 0.488 e. The molecule has 0 heterocycles. The maximum atomic E-state index is 13.2. The predicted molar refractivity (Wildman–Crippen MR) is 132 cm³/mol. The predicted octanol–water partition coefficient (Wildman–Crippen LogP) is 4.03. The molecule has 0 radical (unpaired) electrons. The standard InChI is InChI=1S/C27H30BNO4/c30-27(20-33-26-9-5-2-6-10-26)29(25-17-15-24(16-18-25)28(31)32)19-21-11-13-23(14-12-21)22-7-3-1-4-8-22/h2,5-6,9-18,22,31-32H,1,3-4,7-8,19-20H2. The van der Waals surface area contributed by atoms with Gasteiger partial charge in [0.1, 0.15) is 5.75 Å². The Hall–Kier alpha value is -3.09. The highest BCUT2D eigenvalue weighted by atomic mass is 16.5. The maximum absolute atomic E-state index is 13.2. The van der Waals surface area contributed by atoms with Gasteiger partial charge in [-0.15, -0.1) is 0 Å². The molecular weight excluding hydrogens is 413 g/mol. The fourth-order valence-corrected chi connectivity index (χ4v) is 4.40. The molecule has 1 aliphatic rings. The van der Waals surface area contributed by atoms with E-state index >= 15 is 0 Å². The van der Waals surface area contributed by atoms with Gasteiger partial charge < -0.3 is 19.7 Å². The van der Waals surface area contributed by atoms with Crippen LogP contribution in [0, 0.1) is 0 Å². The van der Waals surface area contributed by atoms with Crippen molar-refractivity contribution in [2.24, 2.45) is 0 Å². The molecule has 1 aliphatic carbocycles. The molecule has 2 N–H and O–H groups in total. The summed E-state index contributed by atoms with van der Waals surface area (Å²) in [5, 5.41) is 18.8. The quantitative estimate of drug-likeness (QED) is 0.516. The first-order chi connectivity index (χ1) is 16.1. The minimum absolute atomic E-state index is 0.0887. The Morgan fingerprint density at radius 3 is 2.18 bits per heavy atom. The van der Waals surface area contributed by atoms with Crippen molar-refractivity contribution in [2.45, 2.75) is 44.6 Å². The van der Waals surface area contributed by atoms with E-state index < -0.39 is 7.12 Å². The SMILES string of the molecule is O=C(COc1ccccc1)N(Cc1ccc(C2CCCCC2)cc1)c1ccc(B(O)O)cc1. The molecule has 3 aromatic carbocycles. The van der Waals surface area contributed by atoms with Crippen LogP contribution in [0.2, 0.25) is 0 Å². The van der Waals surface area contributed by atoms with Crippen LogP contribution in [-0.2, 0) is 11.3 Å². The Bertz CT molecular complexity index is 1020. The van der Waals surface area contributed by atoms with Crippen molar-refractivity contribution >= 4 is 24.2 Å². The average Bonchev–Trinajstić information content (AvgIpc) is 2.87. The normalized spacial score (nSPS) is 14.0. The molecule has 4 rings (SSSR count). The molecule has 1 amide bonds. The van der Waals surface area contributed by atoms with Crippen LogP contribution in [0.3, 0.4) is 0 Å². The number of benzene rings is 3. The summed E-state index contributed by atoms with van der Waals surface area (Å²) in [6, 6.07) is 24.6. The van der Waals surface area contributed by atoms with Crippen LogP contribution in [0.15, 0.2) is 78.9 Å². The first-order valence-corrected chi connectivity index (χ1v) is 11.6. The Balaban J connectivity index is 1.50. The fourth-order valence-electron chi connectivity index (χ4n) is 4.40. The zero-order valence-electron chi connectivity index (χ0n) is 18.8. The van der Waals surface area contributed by atoms with Crippen molar-refractivity contribution in [2.75, 3.05) is 11.5 Å². The summed E-state index contributed by atoms with van der Waals surface area (Å²) in [5.74, 6) is 1.11. The molecule has 0 saturated heterocycles. The first kappa shape index (κ1) is 23.1. The number of rotatable bonds is 8. The lowest BCUT2D eigenvalue weighted by Crippen LogP contribution is -2.35. The molecule has 0 spiro atoms. The van der Waals surface area contributed by atoms with Crippen LogP contribution in [0.5, 0.6) is 5.75 Å². The first-order valence-electron chi connectivity index (χ1n) is 11.6. The summed E-state index contributed by atoms with van der Waals surface area (Å²) in [5.41, 5.74) is 3.47. The Morgan fingerprint density at radius 1 is 0.879 bits per heavy atom. The summed E-state index contributed by atoms with van der Waals surface area (Å²) in [6.07, 6.45) is 6.44. The van der Waals surface area contributed by atoms with Crippen molar-refractivity contribution < 1.29 is 19.6 Å². The molecule has 6 heteroatoms. The number of nitrogens with zero attached hydrogens (tertiary/aromatic N) is 1. The van der Waals surface area contributed by atoms with Crippen LogP contribution in [0.1, 0.15) is 49.1 Å². The molecule has 0 bridgehead atoms. The van der Waals surface area contributed by atoms with Crippen LogP contribution < -0.4 is 15.1 Å². The third kappa shape index (κ3) is 6.24. The minimum Gasteiger partial charge on any atom is -0.484 e. The molecule has 1 fully saturated rings. The monoisotopic (exact) mass is 443 g/mol. The molecule has 0 aliphatic heterocycles. The van der Waals surface area contributed by atoms with Gasteiger partial charge in [-0.2, -0.15) is 0 Å². The lowest BCUT2D eigenvalue weighted by molar-refractivity contribution is -0.120. The summed E-state index contributed by atoms with van der Waals surface area (Å²) < 4.78 is 5.70. The van der Waals surface area contributed by atoms with Crippen molar-refractivity contribution in [1.29, 1.82) is 0 Å². The van der Waals surface area contributed by atoms with Crippen molar-refractivity contribution in [3.05, 3.63) is 90.0 Å². The van der Waals surface area contributed by atoms with Gasteiger partial charge in [0.05, 0.1) is 6.54 Å². The third-order valence-electron chi connectivity index (χ3n) is 6.31. The number of anilines is 1. The van der Waals surface area contributed by atoms with Crippen LogP contribution in [-0.4, -0.2) is 29.7 Å². The zero-order valence-corrected chi connectivity index (χ0v) is 18.8. The smallest absolute Gasteiger partial charge is 0.484 e. The van der Waals surface area contributed by atoms with Gasteiger partial charge >= 0.3 is 7.12 Å². The van der Waals surface area contributed by atoms with Gasteiger partial charge in [-0.05, 0) is 59.6 Å². The summed E-state index contributed by atoms with van der Waals surface area (Å²) in [4.78, 5) is 14.8. The van der Waals surface area contributed by atoms with Crippen molar-refractivity contribution in [1.82, 2.24) is 0 Å². The van der Waals surface area contributed by atoms with Gasteiger partial charge in [0.25, 0.3) is 5.91 Å². The van der Waals surface area contributed by atoms with Crippen LogP contribution in [0.4, 0.5) is 5.69 Å². The van der Waals surface area contributed by atoms with Crippen molar-refractivity contribution in [3.8, 4) is 5.75 Å². The van der Waals surface area contributed by atoms with Gasteiger partial charge in [-0.3, -0.25) is 4.79 Å². The number of hydrogen-bond donors (Lipinski definition) is 2. The van der Waals surface area contributed by atoms with E-state index in [0.29, 0.717) is 29.4 Å². The number of carbonyl (C=O) groups excluding carboxylic acids is 1. The van der Waals surface area contributed by atoms with E-state index in [1.54, 1.807) is 29.2 Å². The van der Waals surface area contributed by atoms with Crippen LogP contribution in [0.25, 0.3) is 0 Å². The minimum atomic E-state index is -1.54. The van der Waals surface area contributed by atoms with Gasteiger partial charge in [0.2, 0.25) is 0 Å². The number of para-hydroxylation sites is 1.